The highest BCUT2D eigenvalue weighted by Crippen LogP contribution is 2.31. The van der Waals surface area contributed by atoms with E-state index in [9.17, 15) is 9.18 Å². The summed E-state index contributed by atoms with van der Waals surface area (Å²) in [6.07, 6.45) is 1.20. The van der Waals surface area contributed by atoms with E-state index in [1.54, 1.807) is 24.3 Å². The highest BCUT2D eigenvalue weighted by Gasteiger charge is 2.16. The van der Waals surface area contributed by atoms with Gasteiger partial charge in [0, 0.05) is 23.2 Å². The topological polar surface area (TPSA) is 74.8 Å². The van der Waals surface area contributed by atoms with Crippen molar-refractivity contribution in [2.24, 2.45) is 7.05 Å². The van der Waals surface area contributed by atoms with Crippen LogP contribution in [0.5, 0.6) is 5.75 Å². The number of ether oxygens (including phenoxy) is 1. The van der Waals surface area contributed by atoms with E-state index in [0.717, 1.165) is 21.4 Å². The van der Waals surface area contributed by atoms with E-state index < -0.39 is 0 Å². The minimum atomic E-state index is -0.383. The lowest BCUT2D eigenvalue weighted by molar-refractivity contribution is 0.303. The zero-order chi connectivity index (χ0) is 22.1. The molecule has 0 N–H and O–H groups in total. The van der Waals surface area contributed by atoms with Crippen molar-refractivity contribution in [2.45, 2.75) is 20.5 Å². The van der Waals surface area contributed by atoms with Gasteiger partial charge in [0.15, 0.2) is 0 Å². The molecule has 31 heavy (non-hydrogen) atoms. The molecule has 0 saturated heterocycles. The molecule has 0 bridgehead atoms. The summed E-state index contributed by atoms with van der Waals surface area (Å²) in [5.74, 6) is 0.288. The second-order valence-electron chi connectivity index (χ2n) is 7.12. The Labute approximate surface area is 182 Å². The normalized spacial score (nSPS) is 11.0. The quantitative estimate of drug-likeness (QED) is 0.469. The van der Waals surface area contributed by atoms with Crippen molar-refractivity contribution in [3.63, 3.8) is 0 Å². The Bertz CT molecular complexity index is 1310. The van der Waals surface area contributed by atoms with E-state index in [4.69, 9.17) is 16.3 Å². The maximum Gasteiger partial charge on any atom is 0.368 e. The molecule has 7 nitrogen and oxygen atoms in total. The highest BCUT2D eigenvalue weighted by atomic mass is 35.5. The zero-order valence-corrected chi connectivity index (χ0v) is 17.9. The predicted molar refractivity (Wildman–Crippen MR) is 115 cm³/mol. The van der Waals surface area contributed by atoms with Crippen LogP contribution in [0.3, 0.4) is 0 Å². The van der Waals surface area contributed by atoms with Crippen LogP contribution in [0.15, 0.2) is 53.5 Å². The molecule has 0 fully saturated rings. The first-order valence-corrected chi connectivity index (χ1v) is 9.85. The Balaban J connectivity index is 1.65. The Kier molecular flexibility index (Phi) is 5.56. The fourth-order valence-electron chi connectivity index (χ4n) is 3.26. The molecular weight excluding hydrogens is 421 g/mol. The second kappa shape index (κ2) is 8.31. The summed E-state index contributed by atoms with van der Waals surface area (Å²) in [5.41, 5.74) is 4.14. The van der Waals surface area contributed by atoms with Gasteiger partial charge in [-0.25, -0.2) is 9.18 Å². The van der Waals surface area contributed by atoms with E-state index in [-0.39, 0.29) is 18.1 Å². The average Bonchev–Trinajstić information content (AvgIpc) is 3.08. The van der Waals surface area contributed by atoms with Crippen LogP contribution in [0.25, 0.3) is 16.9 Å². The molecule has 0 saturated carbocycles. The van der Waals surface area contributed by atoms with Gasteiger partial charge < -0.3 is 4.74 Å². The van der Waals surface area contributed by atoms with Crippen molar-refractivity contribution < 1.29 is 9.13 Å². The molecule has 0 atom stereocenters. The number of aryl methyl sites for hydroxylation is 3. The number of halogens is 2. The van der Waals surface area contributed by atoms with E-state index in [2.05, 4.69) is 15.4 Å². The van der Waals surface area contributed by atoms with Gasteiger partial charge in [0.1, 0.15) is 18.2 Å². The zero-order valence-electron chi connectivity index (χ0n) is 17.1. The second-order valence-corrected chi connectivity index (χ2v) is 7.52. The third kappa shape index (κ3) is 4.06. The van der Waals surface area contributed by atoms with Crippen LogP contribution < -0.4 is 10.4 Å². The number of tetrazole rings is 1. The van der Waals surface area contributed by atoms with Crippen molar-refractivity contribution in [2.75, 3.05) is 0 Å². The summed E-state index contributed by atoms with van der Waals surface area (Å²) in [5, 5.41) is 8.10. The number of hydrogen-bond donors (Lipinski definition) is 0. The minimum Gasteiger partial charge on any atom is -0.488 e. The van der Waals surface area contributed by atoms with E-state index >= 15 is 0 Å². The van der Waals surface area contributed by atoms with Gasteiger partial charge in [0.2, 0.25) is 0 Å². The lowest BCUT2D eigenvalue weighted by atomic mass is 10.0. The number of aromatic nitrogens is 5. The summed E-state index contributed by atoms with van der Waals surface area (Å²) < 4.78 is 21.6. The van der Waals surface area contributed by atoms with Crippen LogP contribution >= 0.6 is 11.6 Å². The molecule has 4 aromatic rings. The lowest BCUT2D eigenvalue weighted by Crippen LogP contribution is -2.23. The molecule has 9 heteroatoms. The molecule has 2 aromatic carbocycles. The Morgan fingerprint density at radius 3 is 2.58 bits per heavy atom. The van der Waals surface area contributed by atoms with Crippen LogP contribution in [-0.2, 0) is 13.7 Å². The van der Waals surface area contributed by atoms with E-state index in [1.807, 2.05) is 26.0 Å². The van der Waals surface area contributed by atoms with Crippen molar-refractivity contribution in [1.82, 2.24) is 24.8 Å². The van der Waals surface area contributed by atoms with Crippen molar-refractivity contribution in [1.29, 1.82) is 0 Å². The van der Waals surface area contributed by atoms with Crippen LogP contribution in [0.4, 0.5) is 4.39 Å². The van der Waals surface area contributed by atoms with Crippen LogP contribution in [0, 0.1) is 19.7 Å². The fourth-order valence-corrected chi connectivity index (χ4v) is 3.48. The first-order chi connectivity index (χ1) is 14.8. The molecule has 2 aromatic heterocycles. The van der Waals surface area contributed by atoms with Crippen molar-refractivity contribution >= 4 is 11.6 Å². The van der Waals surface area contributed by atoms with Gasteiger partial charge in [-0.1, -0.05) is 17.7 Å². The number of rotatable bonds is 5. The smallest absolute Gasteiger partial charge is 0.368 e. The molecule has 158 valence electrons. The third-order valence-corrected chi connectivity index (χ3v) is 5.30. The number of benzene rings is 2. The van der Waals surface area contributed by atoms with Gasteiger partial charge in [-0.15, -0.1) is 0 Å². The summed E-state index contributed by atoms with van der Waals surface area (Å²) >= 11 is 6.40. The van der Waals surface area contributed by atoms with Gasteiger partial charge in [0.25, 0.3) is 0 Å². The maximum atomic E-state index is 13.2. The summed E-state index contributed by atoms with van der Waals surface area (Å²) in [6, 6.07) is 12.1. The third-order valence-electron chi connectivity index (χ3n) is 4.94. The molecule has 0 amide bonds. The number of nitrogens with zero attached hydrogens (tertiary/aromatic N) is 5. The maximum absolute atomic E-state index is 13.2. The molecule has 0 radical (unpaired) electrons. The van der Waals surface area contributed by atoms with Crippen molar-refractivity contribution in [3.05, 3.63) is 86.7 Å². The average molecular weight is 440 g/mol. The summed E-state index contributed by atoms with van der Waals surface area (Å²) in [4.78, 5) is 16.4. The van der Waals surface area contributed by atoms with Gasteiger partial charge in [-0.2, -0.15) is 9.36 Å². The standard InChI is InChI=1S/C22H19ClFN5O2/c1-13-10-21(14(2)9-16(13)19-8-7-15(24)11-25-19)31-12-17-18(23)5-4-6-20(17)29-22(30)28(3)26-27-29/h4-11H,12H2,1-3H3. The SMILES string of the molecule is Cc1cc(-c2ccc(F)cn2)c(C)cc1OCc1c(Cl)cccc1-n1nnn(C)c1=O. The Morgan fingerprint density at radius 2 is 1.90 bits per heavy atom. The molecule has 4 rings (SSSR count). The Morgan fingerprint density at radius 1 is 1.10 bits per heavy atom. The monoisotopic (exact) mass is 439 g/mol. The predicted octanol–water partition coefficient (Wildman–Crippen LogP) is 4.02. The lowest BCUT2D eigenvalue weighted by Gasteiger charge is -2.15. The van der Waals surface area contributed by atoms with Gasteiger partial charge in [-0.3, -0.25) is 4.98 Å². The first kappa shape index (κ1) is 20.7. The molecule has 0 spiro atoms. The number of pyridine rings is 1. The summed E-state index contributed by atoms with van der Waals surface area (Å²) in [7, 11) is 1.52. The molecule has 0 aliphatic rings. The summed E-state index contributed by atoms with van der Waals surface area (Å²) in [6.45, 7) is 3.99. The van der Waals surface area contributed by atoms with Crippen LogP contribution in [0.1, 0.15) is 16.7 Å². The van der Waals surface area contributed by atoms with Crippen molar-refractivity contribution in [3.8, 4) is 22.7 Å². The van der Waals surface area contributed by atoms with Crippen LogP contribution in [0.2, 0.25) is 5.02 Å². The molecular formula is C22H19ClFN5O2. The van der Waals surface area contributed by atoms with E-state index in [0.29, 0.717) is 27.7 Å². The Hall–Kier alpha value is -3.52. The molecule has 0 unspecified atom stereocenters. The fraction of sp³-hybridized carbons (Fsp3) is 0.182. The van der Waals surface area contributed by atoms with Crippen LogP contribution in [-0.4, -0.2) is 24.8 Å². The molecule has 2 heterocycles. The van der Waals surface area contributed by atoms with Gasteiger partial charge >= 0.3 is 5.69 Å². The largest absolute Gasteiger partial charge is 0.488 e. The van der Waals surface area contributed by atoms with Gasteiger partial charge in [-0.05, 0) is 71.8 Å². The molecule has 0 aliphatic carbocycles. The van der Waals surface area contributed by atoms with E-state index in [1.165, 1.54) is 24.0 Å². The highest BCUT2D eigenvalue weighted by molar-refractivity contribution is 6.31. The van der Waals surface area contributed by atoms with Gasteiger partial charge in [0.05, 0.1) is 17.6 Å². The first-order valence-electron chi connectivity index (χ1n) is 9.48. The molecule has 0 aliphatic heterocycles. The minimum absolute atomic E-state index is 0.131. The number of hydrogen-bond acceptors (Lipinski definition) is 5.